The van der Waals surface area contributed by atoms with Crippen molar-refractivity contribution in [2.75, 3.05) is 0 Å². The van der Waals surface area contributed by atoms with E-state index < -0.39 is 0 Å². The second kappa shape index (κ2) is 1.66. The molecule has 0 aliphatic carbocycles. The normalized spacial score (nSPS) is 9.43. The SMILES string of the molecule is Fc1[nH]ccc1Br. The summed E-state index contributed by atoms with van der Waals surface area (Å²) in [6.07, 6.45) is 1.53. The third-order valence-electron chi connectivity index (χ3n) is 0.649. The molecule has 0 aliphatic rings. The van der Waals surface area contributed by atoms with Crippen LogP contribution in [-0.4, -0.2) is 4.98 Å². The van der Waals surface area contributed by atoms with Gasteiger partial charge in [0, 0.05) is 6.20 Å². The number of aromatic nitrogens is 1. The molecule has 0 unspecified atom stereocenters. The van der Waals surface area contributed by atoms with Crippen LogP contribution in [0.5, 0.6) is 0 Å². The van der Waals surface area contributed by atoms with E-state index in [0.29, 0.717) is 4.47 Å². The van der Waals surface area contributed by atoms with E-state index in [9.17, 15) is 4.39 Å². The van der Waals surface area contributed by atoms with Crippen LogP contribution in [0.25, 0.3) is 0 Å². The van der Waals surface area contributed by atoms with Gasteiger partial charge in [-0.2, -0.15) is 4.39 Å². The molecule has 0 saturated heterocycles. The molecular formula is C4H3BrFN. The number of hydrogen-bond donors (Lipinski definition) is 1. The third kappa shape index (κ3) is 0.825. The lowest BCUT2D eigenvalue weighted by atomic mass is 10.7. The topological polar surface area (TPSA) is 15.8 Å². The maximum Gasteiger partial charge on any atom is 0.205 e. The van der Waals surface area contributed by atoms with E-state index in [2.05, 4.69) is 20.9 Å². The van der Waals surface area contributed by atoms with Gasteiger partial charge in [-0.1, -0.05) is 0 Å². The van der Waals surface area contributed by atoms with Gasteiger partial charge in [-0.15, -0.1) is 0 Å². The molecule has 1 rings (SSSR count). The molecule has 0 aliphatic heterocycles. The van der Waals surface area contributed by atoms with Crippen molar-refractivity contribution in [1.82, 2.24) is 4.98 Å². The molecule has 0 amide bonds. The molecule has 7 heavy (non-hydrogen) atoms. The Morgan fingerprint density at radius 1 is 1.71 bits per heavy atom. The summed E-state index contributed by atoms with van der Waals surface area (Å²) in [4.78, 5) is 2.35. The largest absolute Gasteiger partial charge is 0.338 e. The maximum absolute atomic E-state index is 12.0. The van der Waals surface area contributed by atoms with E-state index >= 15 is 0 Å². The number of hydrogen-bond acceptors (Lipinski definition) is 0. The zero-order valence-electron chi connectivity index (χ0n) is 3.41. The summed E-state index contributed by atoms with van der Waals surface area (Å²) in [5.74, 6) is -0.319. The Labute approximate surface area is 48.7 Å². The first kappa shape index (κ1) is 4.84. The lowest BCUT2D eigenvalue weighted by Crippen LogP contribution is -1.66. The maximum atomic E-state index is 12.0. The summed E-state index contributed by atoms with van der Waals surface area (Å²) >= 11 is 2.96. The highest BCUT2D eigenvalue weighted by atomic mass is 79.9. The quantitative estimate of drug-likeness (QED) is 0.602. The zero-order valence-corrected chi connectivity index (χ0v) is 5.00. The molecule has 1 N–H and O–H groups in total. The molecule has 0 atom stereocenters. The molecule has 0 saturated carbocycles. The molecule has 1 nitrogen and oxygen atoms in total. The summed E-state index contributed by atoms with van der Waals surface area (Å²) < 4.78 is 12.5. The van der Waals surface area contributed by atoms with Crippen LogP contribution in [0.15, 0.2) is 16.7 Å². The lowest BCUT2D eigenvalue weighted by Gasteiger charge is -1.73. The molecule has 3 heteroatoms. The van der Waals surface area contributed by atoms with Crippen molar-refractivity contribution in [3.8, 4) is 0 Å². The average Bonchev–Trinajstić information content (AvgIpc) is 1.91. The van der Waals surface area contributed by atoms with Crippen molar-refractivity contribution >= 4 is 15.9 Å². The van der Waals surface area contributed by atoms with Crippen LogP contribution in [0, 0.1) is 5.95 Å². The minimum atomic E-state index is -0.319. The first-order valence-corrected chi connectivity index (χ1v) is 2.58. The summed E-state index contributed by atoms with van der Waals surface area (Å²) in [5.41, 5.74) is 0. The zero-order chi connectivity index (χ0) is 5.28. The van der Waals surface area contributed by atoms with Gasteiger partial charge in [0.25, 0.3) is 0 Å². The minimum Gasteiger partial charge on any atom is -0.338 e. The number of H-pyrrole nitrogens is 1. The van der Waals surface area contributed by atoms with Crippen molar-refractivity contribution in [3.63, 3.8) is 0 Å². The molecule has 1 aromatic heterocycles. The summed E-state index contributed by atoms with van der Waals surface area (Å²) in [5, 5.41) is 0. The van der Waals surface area contributed by atoms with Crippen LogP contribution in [-0.2, 0) is 0 Å². The Bertz CT molecular complexity index is 144. The Kier molecular flexibility index (Phi) is 1.15. The second-order valence-electron chi connectivity index (χ2n) is 1.14. The van der Waals surface area contributed by atoms with Crippen LogP contribution in [0.2, 0.25) is 0 Å². The van der Waals surface area contributed by atoms with Crippen LogP contribution in [0.4, 0.5) is 4.39 Å². The number of halogens is 2. The fourth-order valence-corrected chi connectivity index (χ4v) is 0.577. The van der Waals surface area contributed by atoms with Crippen LogP contribution < -0.4 is 0 Å². The summed E-state index contributed by atoms with van der Waals surface area (Å²) in [7, 11) is 0. The van der Waals surface area contributed by atoms with E-state index in [0.717, 1.165) is 0 Å². The minimum absolute atomic E-state index is 0.319. The molecule has 0 bridgehead atoms. The summed E-state index contributed by atoms with van der Waals surface area (Å²) in [6, 6.07) is 1.61. The Morgan fingerprint density at radius 3 is 2.57 bits per heavy atom. The van der Waals surface area contributed by atoms with Gasteiger partial charge in [0.2, 0.25) is 5.95 Å². The predicted octanol–water partition coefficient (Wildman–Crippen LogP) is 1.92. The van der Waals surface area contributed by atoms with Gasteiger partial charge in [0.05, 0.1) is 4.47 Å². The smallest absolute Gasteiger partial charge is 0.205 e. The average molecular weight is 164 g/mol. The molecule has 1 aromatic rings. The monoisotopic (exact) mass is 163 g/mol. The van der Waals surface area contributed by atoms with Gasteiger partial charge in [-0.3, -0.25) is 0 Å². The Hall–Kier alpha value is -0.310. The van der Waals surface area contributed by atoms with Crippen molar-refractivity contribution in [2.45, 2.75) is 0 Å². The molecule has 38 valence electrons. The lowest BCUT2D eigenvalue weighted by molar-refractivity contribution is 0.585. The molecule has 0 spiro atoms. The van der Waals surface area contributed by atoms with Gasteiger partial charge in [-0.25, -0.2) is 0 Å². The molecule has 0 aromatic carbocycles. The second-order valence-corrected chi connectivity index (χ2v) is 1.99. The first-order valence-electron chi connectivity index (χ1n) is 1.79. The Morgan fingerprint density at radius 2 is 2.43 bits per heavy atom. The molecule has 0 fully saturated rings. The van der Waals surface area contributed by atoms with Crippen molar-refractivity contribution in [1.29, 1.82) is 0 Å². The number of rotatable bonds is 0. The van der Waals surface area contributed by atoms with Crippen LogP contribution in [0.3, 0.4) is 0 Å². The van der Waals surface area contributed by atoms with E-state index in [1.54, 1.807) is 6.07 Å². The summed E-state index contributed by atoms with van der Waals surface area (Å²) in [6.45, 7) is 0. The van der Waals surface area contributed by atoms with E-state index in [1.165, 1.54) is 6.20 Å². The fraction of sp³-hybridized carbons (Fsp3) is 0. The van der Waals surface area contributed by atoms with Crippen LogP contribution in [0.1, 0.15) is 0 Å². The van der Waals surface area contributed by atoms with E-state index in [-0.39, 0.29) is 5.95 Å². The standard InChI is InChI=1S/C4H3BrFN/c5-3-1-2-7-4(3)6/h1-2,7H. The molecular weight excluding hydrogens is 161 g/mol. The number of nitrogens with one attached hydrogen (secondary N) is 1. The molecule has 1 heterocycles. The highest BCUT2D eigenvalue weighted by Crippen LogP contribution is 2.10. The van der Waals surface area contributed by atoms with Gasteiger partial charge in [-0.05, 0) is 22.0 Å². The van der Waals surface area contributed by atoms with Gasteiger partial charge in [0.1, 0.15) is 0 Å². The van der Waals surface area contributed by atoms with Gasteiger partial charge < -0.3 is 4.98 Å². The van der Waals surface area contributed by atoms with Crippen molar-refractivity contribution in [3.05, 3.63) is 22.7 Å². The Balaban J connectivity index is 3.12. The highest BCUT2D eigenvalue weighted by Gasteiger charge is 1.93. The van der Waals surface area contributed by atoms with Crippen molar-refractivity contribution < 1.29 is 4.39 Å². The third-order valence-corrected chi connectivity index (χ3v) is 1.26. The van der Waals surface area contributed by atoms with E-state index in [4.69, 9.17) is 0 Å². The first-order chi connectivity index (χ1) is 3.30. The van der Waals surface area contributed by atoms with Crippen LogP contribution >= 0.6 is 15.9 Å². The van der Waals surface area contributed by atoms with Gasteiger partial charge in [0.15, 0.2) is 0 Å². The van der Waals surface area contributed by atoms with Crippen molar-refractivity contribution in [2.24, 2.45) is 0 Å². The molecule has 0 radical (unpaired) electrons. The van der Waals surface area contributed by atoms with Gasteiger partial charge >= 0.3 is 0 Å². The highest BCUT2D eigenvalue weighted by molar-refractivity contribution is 9.10. The van der Waals surface area contributed by atoms with E-state index in [1.807, 2.05) is 0 Å². The number of aromatic amines is 1. The predicted molar refractivity (Wildman–Crippen MR) is 28.5 cm³/mol. The fourth-order valence-electron chi connectivity index (χ4n) is 0.330.